The van der Waals surface area contributed by atoms with Gasteiger partial charge in [0.15, 0.2) is 0 Å². The first kappa shape index (κ1) is 11.5. The molecule has 0 atom stereocenters. The minimum absolute atomic E-state index is 0.0260. The van der Waals surface area contributed by atoms with Gasteiger partial charge >= 0.3 is 0 Å². The molecule has 0 saturated heterocycles. The maximum Gasteiger partial charge on any atom is 0.137 e. The lowest BCUT2D eigenvalue weighted by atomic mass is 10.2. The summed E-state index contributed by atoms with van der Waals surface area (Å²) in [7, 11) is 0. The first-order chi connectivity index (χ1) is 7.27. The van der Waals surface area contributed by atoms with Crippen molar-refractivity contribution in [2.24, 2.45) is 0 Å². The molecule has 0 bridgehead atoms. The third-order valence-corrected chi connectivity index (χ3v) is 1.70. The molecule has 0 aliphatic carbocycles. The van der Waals surface area contributed by atoms with E-state index in [2.05, 4.69) is 11.8 Å². The van der Waals surface area contributed by atoms with Gasteiger partial charge in [-0.05, 0) is 19.1 Å². The summed E-state index contributed by atoms with van der Waals surface area (Å²) in [6.07, 6.45) is 0.406. The molecule has 0 saturated carbocycles. The minimum atomic E-state index is -0.342. The molecule has 0 radical (unpaired) electrons. The number of hydrogen-bond donors (Lipinski definition) is 1. The highest BCUT2D eigenvalue weighted by Crippen LogP contribution is 2.18. The van der Waals surface area contributed by atoms with E-state index in [1.807, 2.05) is 6.92 Å². The van der Waals surface area contributed by atoms with E-state index >= 15 is 0 Å². The van der Waals surface area contributed by atoms with Crippen molar-refractivity contribution in [3.8, 4) is 17.6 Å². The van der Waals surface area contributed by atoms with Gasteiger partial charge in [-0.25, -0.2) is 4.39 Å². The number of hydrogen-bond acceptors (Lipinski definition) is 2. The Labute approximate surface area is 88.7 Å². The second-order valence-corrected chi connectivity index (χ2v) is 2.85. The fourth-order valence-electron chi connectivity index (χ4n) is 1.09. The molecule has 0 heterocycles. The van der Waals surface area contributed by atoms with Crippen LogP contribution >= 0.6 is 0 Å². The molecule has 0 aliphatic rings. The zero-order chi connectivity index (χ0) is 11.1. The van der Waals surface area contributed by atoms with Crippen LogP contribution in [-0.2, 0) is 0 Å². The lowest BCUT2D eigenvalue weighted by molar-refractivity contribution is 0.305. The summed E-state index contributed by atoms with van der Waals surface area (Å²) in [5.74, 6) is 5.70. The Kier molecular flexibility index (Phi) is 4.65. The van der Waals surface area contributed by atoms with Crippen LogP contribution in [0.2, 0.25) is 0 Å². The molecule has 1 aromatic carbocycles. The Morgan fingerprint density at radius 3 is 2.93 bits per heavy atom. The highest BCUT2D eigenvalue weighted by atomic mass is 19.1. The predicted molar refractivity (Wildman–Crippen MR) is 56.1 cm³/mol. The van der Waals surface area contributed by atoms with Gasteiger partial charge in [0.1, 0.15) is 11.6 Å². The van der Waals surface area contributed by atoms with Gasteiger partial charge < -0.3 is 9.84 Å². The van der Waals surface area contributed by atoms with Crippen LogP contribution in [0.25, 0.3) is 0 Å². The van der Waals surface area contributed by atoms with Gasteiger partial charge in [0.25, 0.3) is 0 Å². The quantitative estimate of drug-likeness (QED) is 0.769. The van der Waals surface area contributed by atoms with E-state index in [0.29, 0.717) is 24.3 Å². The van der Waals surface area contributed by atoms with Crippen LogP contribution in [0.5, 0.6) is 5.75 Å². The van der Waals surface area contributed by atoms with Crippen molar-refractivity contribution in [3.05, 3.63) is 29.6 Å². The SMILES string of the molecule is CCOc1cc(F)ccc1C#CCCO. The van der Waals surface area contributed by atoms with Crippen molar-refractivity contribution in [1.82, 2.24) is 0 Å². The van der Waals surface area contributed by atoms with Crippen molar-refractivity contribution >= 4 is 0 Å². The third-order valence-electron chi connectivity index (χ3n) is 1.70. The van der Waals surface area contributed by atoms with E-state index in [-0.39, 0.29) is 12.4 Å². The Morgan fingerprint density at radius 2 is 2.27 bits per heavy atom. The van der Waals surface area contributed by atoms with Crippen LogP contribution in [0.3, 0.4) is 0 Å². The van der Waals surface area contributed by atoms with Gasteiger partial charge in [0.2, 0.25) is 0 Å². The Morgan fingerprint density at radius 1 is 1.47 bits per heavy atom. The van der Waals surface area contributed by atoms with E-state index in [0.717, 1.165) is 0 Å². The van der Waals surface area contributed by atoms with Crippen LogP contribution in [-0.4, -0.2) is 18.3 Å². The zero-order valence-corrected chi connectivity index (χ0v) is 8.59. The summed E-state index contributed by atoms with van der Waals surface area (Å²) in [5.41, 5.74) is 0.645. The lowest BCUT2D eigenvalue weighted by Gasteiger charge is -2.05. The normalized spacial score (nSPS) is 9.27. The van der Waals surface area contributed by atoms with Crippen LogP contribution in [0.15, 0.2) is 18.2 Å². The number of aliphatic hydroxyl groups is 1. The highest BCUT2D eigenvalue weighted by molar-refractivity contribution is 5.46. The Bertz CT molecular complexity index is 377. The molecule has 0 unspecified atom stereocenters. The molecule has 15 heavy (non-hydrogen) atoms. The molecule has 3 heteroatoms. The topological polar surface area (TPSA) is 29.5 Å². The van der Waals surface area contributed by atoms with Gasteiger partial charge in [0.05, 0.1) is 18.8 Å². The van der Waals surface area contributed by atoms with E-state index in [9.17, 15) is 4.39 Å². The van der Waals surface area contributed by atoms with Gasteiger partial charge in [-0.3, -0.25) is 0 Å². The first-order valence-electron chi connectivity index (χ1n) is 4.80. The average Bonchev–Trinajstić information content (AvgIpc) is 2.22. The summed E-state index contributed by atoms with van der Waals surface area (Å²) in [4.78, 5) is 0. The molecule has 0 amide bonds. The van der Waals surface area contributed by atoms with E-state index < -0.39 is 0 Å². The summed E-state index contributed by atoms with van der Waals surface area (Å²) in [6.45, 7) is 2.33. The largest absolute Gasteiger partial charge is 0.492 e. The van der Waals surface area contributed by atoms with E-state index in [1.54, 1.807) is 6.07 Å². The maximum atomic E-state index is 12.9. The van der Waals surface area contributed by atoms with Crippen LogP contribution in [0.4, 0.5) is 4.39 Å². The number of benzene rings is 1. The van der Waals surface area contributed by atoms with Gasteiger partial charge in [-0.15, -0.1) is 0 Å². The van der Waals surface area contributed by atoms with Gasteiger partial charge in [0, 0.05) is 12.5 Å². The average molecular weight is 208 g/mol. The molecule has 0 spiro atoms. The van der Waals surface area contributed by atoms with Crippen molar-refractivity contribution in [1.29, 1.82) is 0 Å². The van der Waals surface area contributed by atoms with Crippen molar-refractivity contribution in [3.63, 3.8) is 0 Å². The summed E-state index contributed by atoms with van der Waals surface area (Å²) in [6, 6.07) is 4.22. The van der Waals surface area contributed by atoms with Crippen LogP contribution < -0.4 is 4.74 Å². The molecule has 2 nitrogen and oxygen atoms in total. The maximum absolute atomic E-state index is 12.9. The fraction of sp³-hybridized carbons (Fsp3) is 0.333. The second kappa shape index (κ2) is 6.05. The molecule has 1 N–H and O–H groups in total. The number of halogens is 1. The molecule has 1 rings (SSSR count). The Balaban J connectivity index is 2.91. The summed E-state index contributed by atoms with van der Waals surface area (Å²) in [5, 5.41) is 8.57. The monoisotopic (exact) mass is 208 g/mol. The highest BCUT2D eigenvalue weighted by Gasteiger charge is 2.01. The van der Waals surface area contributed by atoms with Crippen molar-refractivity contribution < 1.29 is 14.2 Å². The fourth-order valence-corrected chi connectivity index (χ4v) is 1.09. The molecule has 1 aromatic rings. The molecular weight excluding hydrogens is 195 g/mol. The number of ether oxygens (including phenoxy) is 1. The second-order valence-electron chi connectivity index (χ2n) is 2.85. The minimum Gasteiger partial charge on any atom is -0.492 e. The smallest absolute Gasteiger partial charge is 0.137 e. The number of aliphatic hydroxyl groups excluding tert-OH is 1. The third kappa shape index (κ3) is 3.61. The van der Waals surface area contributed by atoms with Gasteiger partial charge in [-0.2, -0.15) is 0 Å². The summed E-state index contributed by atoms with van der Waals surface area (Å²) < 4.78 is 18.1. The van der Waals surface area contributed by atoms with Crippen molar-refractivity contribution in [2.75, 3.05) is 13.2 Å². The molecule has 80 valence electrons. The van der Waals surface area contributed by atoms with Crippen LogP contribution in [0, 0.1) is 17.7 Å². The molecule has 0 fully saturated rings. The zero-order valence-electron chi connectivity index (χ0n) is 8.59. The van der Waals surface area contributed by atoms with E-state index in [1.165, 1.54) is 12.1 Å². The predicted octanol–water partition coefficient (Wildman–Crippen LogP) is 1.96. The molecular formula is C12H13FO2. The summed E-state index contributed by atoms with van der Waals surface area (Å²) >= 11 is 0. The molecule has 0 aliphatic heterocycles. The first-order valence-corrected chi connectivity index (χ1v) is 4.80. The van der Waals surface area contributed by atoms with Crippen LogP contribution in [0.1, 0.15) is 18.9 Å². The van der Waals surface area contributed by atoms with E-state index in [4.69, 9.17) is 9.84 Å². The lowest BCUT2D eigenvalue weighted by Crippen LogP contribution is -1.95. The number of rotatable bonds is 3. The Hall–Kier alpha value is -1.53. The molecule has 0 aromatic heterocycles. The van der Waals surface area contributed by atoms with Crippen molar-refractivity contribution in [2.45, 2.75) is 13.3 Å². The standard InChI is InChI=1S/C12H13FO2/c1-2-15-12-9-11(13)7-6-10(12)5-3-4-8-14/h6-7,9,14H,2,4,8H2,1H3. The van der Waals surface area contributed by atoms with Gasteiger partial charge in [-0.1, -0.05) is 11.8 Å².